The highest BCUT2D eigenvalue weighted by atomic mass is 16.5. The second-order valence-corrected chi connectivity index (χ2v) is 6.42. The summed E-state index contributed by atoms with van der Waals surface area (Å²) >= 11 is 0. The third-order valence-corrected chi connectivity index (χ3v) is 4.60. The molecule has 1 aliphatic rings. The van der Waals surface area contributed by atoms with E-state index < -0.39 is 0 Å². The minimum atomic E-state index is -0.173. The van der Waals surface area contributed by atoms with Gasteiger partial charge in [0.05, 0.1) is 12.7 Å². The Bertz CT molecular complexity index is 923. The molecule has 1 atom stereocenters. The van der Waals surface area contributed by atoms with Crippen molar-refractivity contribution in [3.05, 3.63) is 93.9 Å². The number of nitrogens with zero attached hydrogens (tertiary/aromatic N) is 2. The molecule has 0 saturated heterocycles. The Hall–Kier alpha value is -2.92. The first kappa shape index (κ1) is 16.5. The van der Waals surface area contributed by atoms with E-state index in [2.05, 4.69) is 22.5 Å². The first-order valence-corrected chi connectivity index (χ1v) is 8.85. The number of benzene rings is 2. The average Bonchev–Trinajstić information content (AvgIpc) is 2.89. The smallest absolute Gasteiger partial charge is 0.309 e. The Morgan fingerprint density at radius 2 is 1.73 bits per heavy atom. The van der Waals surface area contributed by atoms with Crippen molar-refractivity contribution in [1.29, 1.82) is 0 Å². The highest BCUT2D eigenvalue weighted by Gasteiger charge is 2.24. The minimum Gasteiger partial charge on any atom is -0.486 e. The summed E-state index contributed by atoms with van der Waals surface area (Å²) < 4.78 is 7.26. The van der Waals surface area contributed by atoms with Crippen LogP contribution in [0.25, 0.3) is 0 Å². The number of rotatable bonds is 4. The number of ether oxygens (including phenoxy) is 1. The van der Waals surface area contributed by atoms with E-state index in [-0.39, 0.29) is 11.6 Å². The fourth-order valence-corrected chi connectivity index (χ4v) is 3.27. The number of nitrogens with one attached hydrogen (secondary N) is 1. The molecule has 132 valence electrons. The maximum atomic E-state index is 12.9. The van der Waals surface area contributed by atoms with Gasteiger partial charge in [-0.25, -0.2) is 4.68 Å². The SMILES string of the molecule is O=c1c2c(cnn1Cc1ccccc1)C(Cc1ccccc1)NCCO2. The molecule has 0 aliphatic carbocycles. The highest BCUT2D eigenvalue weighted by molar-refractivity contribution is 5.34. The summed E-state index contributed by atoms with van der Waals surface area (Å²) in [5.41, 5.74) is 2.91. The monoisotopic (exact) mass is 347 g/mol. The van der Waals surface area contributed by atoms with Crippen LogP contribution in [0.1, 0.15) is 22.7 Å². The van der Waals surface area contributed by atoms with Crippen molar-refractivity contribution < 1.29 is 4.74 Å². The lowest BCUT2D eigenvalue weighted by molar-refractivity contribution is 0.316. The van der Waals surface area contributed by atoms with Crippen molar-refractivity contribution in [2.75, 3.05) is 13.2 Å². The number of fused-ring (bicyclic) bond motifs is 1. The molecule has 0 radical (unpaired) electrons. The second-order valence-electron chi connectivity index (χ2n) is 6.42. The number of hydrogen-bond acceptors (Lipinski definition) is 4. The predicted molar refractivity (Wildman–Crippen MR) is 100 cm³/mol. The van der Waals surface area contributed by atoms with E-state index in [0.717, 1.165) is 17.5 Å². The van der Waals surface area contributed by atoms with Gasteiger partial charge in [-0.2, -0.15) is 5.10 Å². The molecule has 1 unspecified atom stereocenters. The number of hydrogen-bond donors (Lipinski definition) is 1. The van der Waals surface area contributed by atoms with Crippen molar-refractivity contribution in [3.8, 4) is 5.75 Å². The van der Waals surface area contributed by atoms with Crippen LogP contribution in [0.4, 0.5) is 0 Å². The summed E-state index contributed by atoms with van der Waals surface area (Å²) in [5.74, 6) is 0.418. The Labute approximate surface area is 152 Å². The quantitative estimate of drug-likeness (QED) is 0.788. The molecule has 0 saturated carbocycles. The lowest BCUT2D eigenvalue weighted by atomic mass is 10.00. The highest BCUT2D eigenvalue weighted by Crippen LogP contribution is 2.26. The fourth-order valence-electron chi connectivity index (χ4n) is 3.27. The van der Waals surface area contributed by atoms with Crippen molar-refractivity contribution in [2.24, 2.45) is 0 Å². The van der Waals surface area contributed by atoms with Crippen molar-refractivity contribution in [2.45, 2.75) is 19.0 Å². The zero-order valence-corrected chi connectivity index (χ0v) is 14.5. The maximum absolute atomic E-state index is 12.9. The molecule has 3 aromatic rings. The van der Waals surface area contributed by atoms with Gasteiger partial charge in [-0.1, -0.05) is 60.7 Å². The van der Waals surface area contributed by atoms with Gasteiger partial charge in [0.25, 0.3) is 0 Å². The van der Waals surface area contributed by atoms with E-state index in [1.807, 2.05) is 48.5 Å². The predicted octanol–water partition coefficient (Wildman–Crippen LogP) is 2.56. The van der Waals surface area contributed by atoms with E-state index in [1.165, 1.54) is 10.2 Å². The molecule has 1 aromatic heterocycles. The Morgan fingerprint density at radius 1 is 1.04 bits per heavy atom. The largest absolute Gasteiger partial charge is 0.486 e. The molecule has 26 heavy (non-hydrogen) atoms. The Balaban J connectivity index is 1.66. The summed E-state index contributed by atoms with van der Waals surface area (Å²) in [6, 6.07) is 20.1. The second kappa shape index (κ2) is 7.54. The van der Waals surface area contributed by atoms with Gasteiger partial charge in [0.15, 0.2) is 5.75 Å². The topological polar surface area (TPSA) is 56.2 Å². The standard InChI is InChI=1S/C21H21N3O2/c25-21-20-18(14-23-24(21)15-17-9-5-2-6-10-17)19(22-11-12-26-20)13-16-7-3-1-4-8-16/h1-10,14,19,22H,11-13,15H2. The molecule has 0 amide bonds. The van der Waals surface area contributed by atoms with Crippen LogP contribution in [0.5, 0.6) is 5.75 Å². The zero-order valence-electron chi connectivity index (χ0n) is 14.5. The first-order chi connectivity index (χ1) is 12.8. The van der Waals surface area contributed by atoms with E-state index >= 15 is 0 Å². The van der Waals surface area contributed by atoms with Gasteiger partial charge < -0.3 is 10.1 Å². The molecule has 2 heterocycles. The molecule has 4 rings (SSSR count). The number of aromatic nitrogens is 2. The van der Waals surface area contributed by atoms with Crippen molar-refractivity contribution >= 4 is 0 Å². The van der Waals surface area contributed by atoms with Crippen molar-refractivity contribution in [1.82, 2.24) is 15.1 Å². The van der Waals surface area contributed by atoms with E-state index in [0.29, 0.717) is 25.4 Å². The molecular formula is C21H21N3O2. The van der Waals surface area contributed by atoms with Crippen LogP contribution in [-0.4, -0.2) is 22.9 Å². The summed E-state index contributed by atoms with van der Waals surface area (Å²) in [7, 11) is 0. The third-order valence-electron chi connectivity index (χ3n) is 4.60. The van der Waals surface area contributed by atoms with Gasteiger partial charge in [-0.15, -0.1) is 0 Å². The van der Waals surface area contributed by atoms with Gasteiger partial charge in [0.1, 0.15) is 6.61 Å². The van der Waals surface area contributed by atoms with E-state index in [1.54, 1.807) is 6.20 Å². The van der Waals surface area contributed by atoms with Gasteiger partial charge in [-0.05, 0) is 17.5 Å². The molecule has 1 N–H and O–H groups in total. The van der Waals surface area contributed by atoms with Gasteiger partial charge >= 0.3 is 5.56 Å². The molecule has 0 bridgehead atoms. The lowest BCUT2D eigenvalue weighted by Crippen LogP contribution is -2.27. The van der Waals surface area contributed by atoms with Crippen LogP contribution in [-0.2, 0) is 13.0 Å². The van der Waals surface area contributed by atoms with Crippen molar-refractivity contribution in [3.63, 3.8) is 0 Å². The maximum Gasteiger partial charge on any atom is 0.309 e. The third kappa shape index (κ3) is 3.53. The lowest BCUT2D eigenvalue weighted by Gasteiger charge is -2.18. The van der Waals surface area contributed by atoms with Gasteiger partial charge in [0, 0.05) is 18.2 Å². The van der Waals surface area contributed by atoms with Crippen LogP contribution >= 0.6 is 0 Å². The van der Waals surface area contributed by atoms with Gasteiger partial charge in [-0.3, -0.25) is 4.79 Å². The molecule has 0 fully saturated rings. The summed E-state index contributed by atoms with van der Waals surface area (Å²) in [4.78, 5) is 12.9. The summed E-state index contributed by atoms with van der Waals surface area (Å²) in [6.45, 7) is 1.61. The zero-order chi connectivity index (χ0) is 17.8. The first-order valence-electron chi connectivity index (χ1n) is 8.85. The molecule has 1 aliphatic heterocycles. The van der Waals surface area contributed by atoms with Crippen LogP contribution in [0.2, 0.25) is 0 Å². The van der Waals surface area contributed by atoms with Crippen LogP contribution < -0.4 is 15.6 Å². The Kier molecular flexibility index (Phi) is 4.80. The molecule has 5 heteroatoms. The fraction of sp³-hybridized carbons (Fsp3) is 0.238. The summed E-state index contributed by atoms with van der Waals surface area (Å²) in [5, 5.41) is 7.87. The molecule has 5 nitrogen and oxygen atoms in total. The van der Waals surface area contributed by atoms with Crippen LogP contribution in [0, 0.1) is 0 Å². The van der Waals surface area contributed by atoms with E-state index in [9.17, 15) is 4.79 Å². The minimum absolute atomic E-state index is 0.0153. The van der Waals surface area contributed by atoms with E-state index in [4.69, 9.17) is 4.74 Å². The molecule has 0 spiro atoms. The van der Waals surface area contributed by atoms with Crippen LogP contribution in [0.3, 0.4) is 0 Å². The van der Waals surface area contributed by atoms with Crippen LogP contribution in [0.15, 0.2) is 71.7 Å². The van der Waals surface area contributed by atoms with Gasteiger partial charge in [0.2, 0.25) is 0 Å². The normalized spacial score (nSPS) is 16.4. The molecule has 2 aromatic carbocycles. The average molecular weight is 347 g/mol. The molecular weight excluding hydrogens is 326 g/mol. The Morgan fingerprint density at radius 3 is 2.46 bits per heavy atom. The summed E-state index contributed by atoms with van der Waals surface area (Å²) in [6.07, 6.45) is 2.56.